The molecule has 2 amide bonds. The van der Waals surface area contributed by atoms with Crippen molar-refractivity contribution in [3.63, 3.8) is 0 Å². The van der Waals surface area contributed by atoms with E-state index in [-0.39, 0.29) is 23.7 Å². The second-order valence-electron chi connectivity index (χ2n) is 7.67. The molecule has 0 bridgehead atoms. The third kappa shape index (κ3) is 5.70. The molecule has 33 heavy (non-hydrogen) atoms. The molecule has 2 aromatic rings. The molecule has 0 aliphatic carbocycles. The largest absolute Gasteiger partial charge is 0.496 e. The quantitative estimate of drug-likeness (QED) is 0.446. The monoisotopic (exact) mass is 470 g/mol. The SMILES string of the molecule is CCCN1C(=O)C(CC(=O)Nc2ccc(OC)cc2[N+](=O)[O-])SC1=Nc1cc(C)ccc1C. The van der Waals surface area contributed by atoms with Gasteiger partial charge in [-0.15, -0.1) is 0 Å². The van der Waals surface area contributed by atoms with Crippen LogP contribution in [-0.2, 0) is 9.59 Å². The van der Waals surface area contributed by atoms with Crippen molar-refractivity contribution in [3.05, 3.63) is 57.6 Å². The molecule has 174 valence electrons. The van der Waals surface area contributed by atoms with Gasteiger partial charge in [-0.1, -0.05) is 30.8 Å². The Bertz CT molecular complexity index is 1120. The lowest BCUT2D eigenvalue weighted by molar-refractivity contribution is -0.384. The van der Waals surface area contributed by atoms with Gasteiger partial charge in [-0.2, -0.15) is 0 Å². The average Bonchev–Trinajstić information content (AvgIpc) is 3.05. The first-order chi connectivity index (χ1) is 15.7. The zero-order valence-corrected chi connectivity index (χ0v) is 19.8. The van der Waals surface area contributed by atoms with E-state index in [1.54, 1.807) is 4.90 Å². The highest BCUT2D eigenvalue weighted by Crippen LogP contribution is 2.34. The Kier molecular flexibility index (Phi) is 7.70. The number of thioether (sulfide) groups is 1. The minimum atomic E-state index is -0.655. The third-order valence-corrected chi connectivity index (χ3v) is 6.27. The van der Waals surface area contributed by atoms with Crippen LogP contribution >= 0.6 is 11.8 Å². The summed E-state index contributed by atoms with van der Waals surface area (Å²) in [5.41, 5.74) is 2.61. The summed E-state index contributed by atoms with van der Waals surface area (Å²) in [6.45, 7) is 6.40. The van der Waals surface area contributed by atoms with Crippen molar-refractivity contribution >= 4 is 45.8 Å². The van der Waals surface area contributed by atoms with Gasteiger partial charge >= 0.3 is 0 Å². The van der Waals surface area contributed by atoms with E-state index in [0.717, 1.165) is 23.2 Å². The van der Waals surface area contributed by atoms with Crippen molar-refractivity contribution in [1.29, 1.82) is 0 Å². The number of hydrogen-bond donors (Lipinski definition) is 1. The summed E-state index contributed by atoms with van der Waals surface area (Å²) in [7, 11) is 1.40. The maximum absolute atomic E-state index is 13.0. The molecular formula is C23H26N4O5S. The summed E-state index contributed by atoms with van der Waals surface area (Å²) >= 11 is 1.24. The molecule has 2 aromatic carbocycles. The first kappa shape index (κ1) is 24.2. The van der Waals surface area contributed by atoms with Crippen molar-refractivity contribution in [3.8, 4) is 5.75 Å². The fourth-order valence-corrected chi connectivity index (χ4v) is 4.54. The molecule has 1 heterocycles. The maximum Gasteiger partial charge on any atom is 0.296 e. The van der Waals surface area contributed by atoms with Crippen LogP contribution in [-0.4, -0.2) is 45.7 Å². The molecule has 3 rings (SSSR count). The topological polar surface area (TPSA) is 114 Å². The number of carbonyl (C=O) groups is 2. The lowest BCUT2D eigenvalue weighted by Crippen LogP contribution is -2.34. The molecule has 0 saturated carbocycles. The highest BCUT2D eigenvalue weighted by Gasteiger charge is 2.39. The second kappa shape index (κ2) is 10.5. The number of aliphatic imine (C=N–C) groups is 1. The van der Waals surface area contributed by atoms with Crippen LogP contribution in [0, 0.1) is 24.0 Å². The minimum Gasteiger partial charge on any atom is -0.496 e. The molecule has 1 fully saturated rings. The molecule has 10 heteroatoms. The van der Waals surface area contributed by atoms with Crippen molar-refractivity contribution < 1.29 is 19.2 Å². The number of carbonyl (C=O) groups excluding carboxylic acids is 2. The summed E-state index contributed by atoms with van der Waals surface area (Å²) in [4.78, 5) is 42.8. The van der Waals surface area contributed by atoms with E-state index < -0.39 is 16.1 Å². The molecule has 9 nitrogen and oxygen atoms in total. The van der Waals surface area contributed by atoms with E-state index in [1.165, 1.54) is 37.1 Å². The minimum absolute atomic E-state index is 0.0518. The van der Waals surface area contributed by atoms with Gasteiger partial charge in [0.1, 0.15) is 16.7 Å². The van der Waals surface area contributed by atoms with E-state index in [1.807, 2.05) is 39.0 Å². The van der Waals surface area contributed by atoms with E-state index in [2.05, 4.69) is 5.32 Å². The molecule has 0 spiro atoms. The number of hydrogen-bond acceptors (Lipinski definition) is 7. The third-order valence-electron chi connectivity index (χ3n) is 5.09. The van der Waals surface area contributed by atoms with Gasteiger partial charge in [-0.25, -0.2) is 4.99 Å². The molecule has 1 N–H and O–H groups in total. The van der Waals surface area contributed by atoms with Crippen molar-refractivity contribution in [1.82, 2.24) is 4.90 Å². The molecular weight excluding hydrogens is 444 g/mol. The number of anilines is 1. The van der Waals surface area contributed by atoms with Crippen LogP contribution in [0.3, 0.4) is 0 Å². The molecule has 1 aliphatic rings. The van der Waals surface area contributed by atoms with Crippen LogP contribution in [0.5, 0.6) is 5.75 Å². The number of benzene rings is 2. The first-order valence-electron chi connectivity index (χ1n) is 10.5. The van der Waals surface area contributed by atoms with Gasteiger partial charge in [0.05, 0.1) is 23.8 Å². The van der Waals surface area contributed by atoms with Gasteiger partial charge in [0.25, 0.3) is 5.69 Å². The highest BCUT2D eigenvalue weighted by atomic mass is 32.2. The smallest absolute Gasteiger partial charge is 0.296 e. The number of nitrogens with zero attached hydrogens (tertiary/aromatic N) is 3. The molecule has 1 atom stereocenters. The summed E-state index contributed by atoms with van der Waals surface area (Å²) < 4.78 is 5.01. The van der Waals surface area contributed by atoms with E-state index >= 15 is 0 Å². The number of amides is 2. The van der Waals surface area contributed by atoms with Gasteiger partial charge in [-0.3, -0.25) is 24.6 Å². The molecule has 1 saturated heterocycles. The number of amidine groups is 1. The fourth-order valence-electron chi connectivity index (χ4n) is 3.36. The number of nitro benzene ring substituents is 1. The Morgan fingerprint density at radius 1 is 1.27 bits per heavy atom. The van der Waals surface area contributed by atoms with Crippen LogP contribution in [0.15, 0.2) is 41.4 Å². The number of nitrogens with one attached hydrogen (secondary N) is 1. The Labute approximate surface area is 196 Å². The maximum atomic E-state index is 13.0. The predicted octanol–water partition coefficient (Wildman–Crippen LogP) is 4.59. The van der Waals surface area contributed by atoms with Crippen LogP contribution in [0.25, 0.3) is 0 Å². The highest BCUT2D eigenvalue weighted by molar-refractivity contribution is 8.15. The van der Waals surface area contributed by atoms with Gasteiger partial charge < -0.3 is 10.1 Å². The van der Waals surface area contributed by atoms with E-state index in [4.69, 9.17) is 9.73 Å². The predicted molar refractivity (Wildman–Crippen MR) is 129 cm³/mol. The Hall–Kier alpha value is -3.40. The van der Waals surface area contributed by atoms with Crippen LogP contribution in [0.2, 0.25) is 0 Å². The van der Waals surface area contributed by atoms with Gasteiger partial charge in [0.15, 0.2) is 5.17 Å². The van der Waals surface area contributed by atoms with Crippen LogP contribution in [0.4, 0.5) is 17.1 Å². The summed E-state index contributed by atoms with van der Waals surface area (Å²) in [6, 6.07) is 10.1. The van der Waals surface area contributed by atoms with E-state index in [9.17, 15) is 19.7 Å². The zero-order chi connectivity index (χ0) is 24.1. The lowest BCUT2D eigenvalue weighted by atomic mass is 10.1. The van der Waals surface area contributed by atoms with Crippen molar-refractivity contribution in [2.24, 2.45) is 4.99 Å². The molecule has 1 unspecified atom stereocenters. The Morgan fingerprint density at radius 2 is 2.03 bits per heavy atom. The van der Waals surface area contributed by atoms with Gasteiger partial charge in [0, 0.05) is 13.0 Å². The summed E-state index contributed by atoms with van der Waals surface area (Å²) in [5, 5.41) is 13.8. The van der Waals surface area contributed by atoms with Crippen LogP contribution < -0.4 is 10.1 Å². The fraction of sp³-hybridized carbons (Fsp3) is 0.348. The normalized spacial score (nSPS) is 16.8. The number of methoxy groups -OCH3 is 1. The standard InChI is InChI=1S/C23H26N4O5S/c1-5-10-26-22(29)20(33-23(26)25-18-11-14(2)6-7-15(18)3)13-21(28)24-17-9-8-16(32-4)12-19(17)27(30)31/h6-9,11-12,20H,5,10,13H2,1-4H3,(H,24,28). The number of ether oxygens (including phenoxy) is 1. The van der Waals surface area contributed by atoms with Gasteiger partial charge in [0.2, 0.25) is 11.8 Å². The number of aryl methyl sites for hydroxylation is 2. The van der Waals surface area contributed by atoms with Crippen molar-refractivity contribution in [2.45, 2.75) is 38.9 Å². The number of rotatable bonds is 8. The Balaban J connectivity index is 1.79. The van der Waals surface area contributed by atoms with E-state index in [0.29, 0.717) is 17.5 Å². The number of nitro groups is 1. The molecule has 0 radical (unpaired) electrons. The zero-order valence-electron chi connectivity index (χ0n) is 19.0. The first-order valence-corrected chi connectivity index (χ1v) is 11.4. The Morgan fingerprint density at radius 3 is 2.70 bits per heavy atom. The average molecular weight is 471 g/mol. The summed E-state index contributed by atoms with van der Waals surface area (Å²) in [5.74, 6) is -0.368. The molecule has 0 aromatic heterocycles. The van der Waals surface area contributed by atoms with Crippen molar-refractivity contribution in [2.75, 3.05) is 19.0 Å². The van der Waals surface area contributed by atoms with Crippen LogP contribution in [0.1, 0.15) is 30.9 Å². The van der Waals surface area contributed by atoms with Gasteiger partial charge in [-0.05, 0) is 49.6 Å². The lowest BCUT2D eigenvalue weighted by Gasteiger charge is -2.15. The second-order valence-corrected chi connectivity index (χ2v) is 8.84. The molecule has 1 aliphatic heterocycles. The summed E-state index contributed by atoms with van der Waals surface area (Å²) in [6.07, 6.45) is 0.619.